The van der Waals surface area contributed by atoms with Crippen LogP contribution in [0.1, 0.15) is 17.3 Å². The van der Waals surface area contributed by atoms with Gasteiger partial charge in [-0.1, -0.05) is 36.4 Å². The number of carbonyl (C=O) groups is 2. The summed E-state index contributed by atoms with van der Waals surface area (Å²) in [7, 11) is 1.33. The number of benzene rings is 3. The molecule has 0 heterocycles. The van der Waals surface area contributed by atoms with E-state index in [2.05, 4.69) is 22.6 Å². The van der Waals surface area contributed by atoms with Gasteiger partial charge in [0.15, 0.2) is 0 Å². The highest BCUT2D eigenvalue weighted by Crippen LogP contribution is 2.39. The molecule has 4 nitrogen and oxygen atoms in total. The van der Waals surface area contributed by atoms with Crippen LogP contribution in [0, 0.1) is 3.57 Å². The van der Waals surface area contributed by atoms with Crippen LogP contribution in [0.3, 0.4) is 0 Å². The molecule has 0 amide bonds. The Bertz CT molecular complexity index is 964. The zero-order valence-electron chi connectivity index (χ0n) is 13.7. The molecule has 0 aliphatic carbocycles. The highest BCUT2D eigenvalue weighted by Gasteiger charge is 2.21. The Morgan fingerprint density at radius 2 is 1.68 bits per heavy atom. The van der Waals surface area contributed by atoms with Crippen LogP contribution in [0.5, 0.6) is 5.75 Å². The van der Waals surface area contributed by atoms with E-state index in [1.165, 1.54) is 14.0 Å². The average molecular weight is 446 g/mol. The standard InChI is InChI=1S/C20H15IO4/c1-12(22)25-18-11-17(20(23)24-2)19(13-6-4-3-5-7-13)15-9-8-14(21)10-16(15)18/h3-11H,1-2H3. The monoisotopic (exact) mass is 446 g/mol. The van der Waals surface area contributed by atoms with Gasteiger partial charge in [-0.25, -0.2) is 4.79 Å². The molecule has 0 fully saturated rings. The van der Waals surface area contributed by atoms with Gasteiger partial charge in [-0.3, -0.25) is 4.79 Å². The molecule has 126 valence electrons. The fourth-order valence-corrected chi connectivity index (χ4v) is 3.28. The van der Waals surface area contributed by atoms with E-state index in [1.54, 1.807) is 6.07 Å². The van der Waals surface area contributed by atoms with E-state index in [9.17, 15) is 9.59 Å². The Morgan fingerprint density at radius 3 is 2.32 bits per heavy atom. The SMILES string of the molecule is COC(=O)c1cc(OC(C)=O)c2cc(I)ccc2c1-c1ccccc1. The summed E-state index contributed by atoms with van der Waals surface area (Å²) in [6.07, 6.45) is 0. The Morgan fingerprint density at radius 1 is 0.960 bits per heavy atom. The van der Waals surface area contributed by atoms with Crippen molar-refractivity contribution in [3.05, 3.63) is 63.7 Å². The molecule has 5 heteroatoms. The second-order valence-electron chi connectivity index (χ2n) is 5.44. The fourth-order valence-electron chi connectivity index (χ4n) is 2.79. The van der Waals surface area contributed by atoms with Crippen LogP contribution in [-0.2, 0) is 9.53 Å². The molecule has 3 rings (SSSR count). The van der Waals surface area contributed by atoms with Crippen molar-refractivity contribution in [2.24, 2.45) is 0 Å². The second kappa shape index (κ2) is 7.23. The topological polar surface area (TPSA) is 52.6 Å². The molecule has 25 heavy (non-hydrogen) atoms. The maximum atomic E-state index is 12.4. The summed E-state index contributed by atoms with van der Waals surface area (Å²) in [5.74, 6) is -0.572. The highest BCUT2D eigenvalue weighted by atomic mass is 127. The summed E-state index contributed by atoms with van der Waals surface area (Å²) < 4.78 is 11.3. The van der Waals surface area contributed by atoms with Crippen molar-refractivity contribution < 1.29 is 19.1 Å². The van der Waals surface area contributed by atoms with Gasteiger partial charge in [-0.15, -0.1) is 0 Å². The van der Waals surface area contributed by atoms with Gasteiger partial charge in [-0.2, -0.15) is 0 Å². The molecule has 3 aromatic rings. The van der Waals surface area contributed by atoms with Crippen LogP contribution in [0.25, 0.3) is 21.9 Å². The number of rotatable bonds is 3. The molecule has 0 spiro atoms. The number of ether oxygens (including phenoxy) is 2. The molecule has 0 aliphatic heterocycles. The Labute approximate surface area is 158 Å². The smallest absolute Gasteiger partial charge is 0.338 e. The number of fused-ring (bicyclic) bond motifs is 1. The third-order valence-corrected chi connectivity index (χ3v) is 4.45. The molecule has 0 bridgehead atoms. The molecule has 0 atom stereocenters. The molecule has 3 aromatic carbocycles. The first-order chi connectivity index (χ1) is 12.0. The van der Waals surface area contributed by atoms with E-state index in [-0.39, 0.29) is 0 Å². The van der Waals surface area contributed by atoms with Crippen molar-refractivity contribution in [2.45, 2.75) is 6.92 Å². The van der Waals surface area contributed by atoms with Gasteiger partial charge in [0.25, 0.3) is 0 Å². The summed E-state index contributed by atoms with van der Waals surface area (Å²) in [5.41, 5.74) is 2.01. The Balaban J connectivity index is 2.43. The molecule has 0 unspecified atom stereocenters. The maximum absolute atomic E-state index is 12.4. The first kappa shape index (κ1) is 17.4. The third kappa shape index (κ3) is 3.51. The molecular formula is C20H15IO4. The highest BCUT2D eigenvalue weighted by molar-refractivity contribution is 14.1. The minimum Gasteiger partial charge on any atom is -0.465 e. The van der Waals surface area contributed by atoms with E-state index in [0.717, 1.165) is 25.5 Å². The number of halogens is 1. The van der Waals surface area contributed by atoms with E-state index in [4.69, 9.17) is 9.47 Å². The Hall–Kier alpha value is -2.41. The average Bonchev–Trinajstić information content (AvgIpc) is 2.61. The van der Waals surface area contributed by atoms with Gasteiger partial charge < -0.3 is 9.47 Å². The number of hydrogen-bond acceptors (Lipinski definition) is 4. The van der Waals surface area contributed by atoms with Gasteiger partial charge in [0.2, 0.25) is 0 Å². The van der Waals surface area contributed by atoms with Crippen molar-refractivity contribution in [1.29, 1.82) is 0 Å². The molecular weight excluding hydrogens is 431 g/mol. The summed E-state index contributed by atoms with van der Waals surface area (Å²) in [5, 5.41) is 1.60. The van der Waals surface area contributed by atoms with E-state index in [1.807, 2.05) is 48.5 Å². The van der Waals surface area contributed by atoms with Gasteiger partial charge in [-0.05, 0) is 51.7 Å². The lowest BCUT2D eigenvalue weighted by Gasteiger charge is -2.16. The van der Waals surface area contributed by atoms with Crippen molar-refractivity contribution in [3.8, 4) is 16.9 Å². The van der Waals surface area contributed by atoms with Gasteiger partial charge >= 0.3 is 11.9 Å². The molecule has 0 aliphatic rings. The summed E-state index contributed by atoms with van der Waals surface area (Å²) in [6, 6.07) is 17.0. The van der Waals surface area contributed by atoms with E-state index < -0.39 is 11.9 Å². The largest absolute Gasteiger partial charge is 0.465 e. The summed E-state index contributed by atoms with van der Waals surface area (Å²) in [4.78, 5) is 23.9. The summed E-state index contributed by atoms with van der Waals surface area (Å²) >= 11 is 2.20. The molecule has 0 aromatic heterocycles. The normalized spacial score (nSPS) is 10.5. The lowest BCUT2D eigenvalue weighted by molar-refractivity contribution is -0.131. The van der Waals surface area contributed by atoms with Crippen molar-refractivity contribution >= 4 is 45.3 Å². The predicted octanol–water partition coefficient (Wildman–Crippen LogP) is 4.82. The zero-order chi connectivity index (χ0) is 18.0. The molecule has 0 radical (unpaired) electrons. The van der Waals surface area contributed by atoms with Crippen LogP contribution in [0.2, 0.25) is 0 Å². The van der Waals surface area contributed by atoms with Crippen molar-refractivity contribution in [1.82, 2.24) is 0 Å². The van der Waals surface area contributed by atoms with Crippen LogP contribution < -0.4 is 4.74 Å². The minimum atomic E-state index is -0.479. The Kier molecular flexibility index (Phi) is 5.03. The van der Waals surface area contributed by atoms with Crippen LogP contribution in [0.4, 0.5) is 0 Å². The minimum absolute atomic E-state index is 0.348. The van der Waals surface area contributed by atoms with Crippen LogP contribution in [0.15, 0.2) is 54.6 Å². The second-order valence-corrected chi connectivity index (χ2v) is 6.68. The number of esters is 2. The van der Waals surface area contributed by atoms with Crippen molar-refractivity contribution in [2.75, 3.05) is 7.11 Å². The summed E-state index contributed by atoms with van der Waals surface area (Å²) in [6.45, 7) is 1.34. The van der Waals surface area contributed by atoms with E-state index in [0.29, 0.717) is 11.3 Å². The first-order valence-electron chi connectivity index (χ1n) is 7.59. The van der Waals surface area contributed by atoms with Crippen LogP contribution >= 0.6 is 22.6 Å². The molecule has 0 saturated carbocycles. The predicted molar refractivity (Wildman–Crippen MR) is 105 cm³/mol. The number of methoxy groups -OCH3 is 1. The zero-order valence-corrected chi connectivity index (χ0v) is 15.9. The van der Waals surface area contributed by atoms with Crippen LogP contribution in [-0.4, -0.2) is 19.0 Å². The number of carbonyl (C=O) groups excluding carboxylic acids is 2. The molecule has 0 N–H and O–H groups in total. The number of hydrogen-bond donors (Lipinski definition) is 0. The van der Waals surface area contributed by atoms with Gasteiger partial charge in [0.1, 0.15) is 5.75 Å². The third-order valence-electron chi connectivity index (χ3n) is 3.78. The molecule has 0 saturated heterocycles. The lowest BCUT2D eigenvalue weighted by atomic mass is 9.92. The maximum Gasteiger partial charge on any atom is 0.338 e. The fraction of sp³-hybridized carbons (Fsp3) is 0.100. The van der Waals surface area contributed by atoms with Gasteiger partial charge in [0, 0.05) is 21.4 Å². The van der Waals surface area contributed by atoms with Crippen molar-refractivity contribution in [3.63, 3.8) is 0 Å². The van der Waals surface area contributed by atoms with E-state index >= 15 is 0 Å². The first-order valence-corrected chi connectivity index (χ1v) is 8.67. The lowest BCUT2D eigenvalue weighted by Crippen LogP contribution is -2.08. The van der Waals surface area contributed by atoms with Gasteiger partial charge in [0.05, 0.1) is 12.7 Å². The quantitative estimate of drug-likeness (QED) is 0.329.